The van der Waals surface area contributed by atoms with Crippen molar-refractivity contribution in [2.75, 3.05) is 11.9 Å². The molecule has 0 amide bonds. The Labute approximate surface area is 127 Å². The Bertz CT molecular complexity index is 447. The van der Waals surface area contributed by atoms with Crippen LogP contribution in [0.3, 0.4) is 0 Å². The Morgan fingerprint density at radius 2 is 2.15 bits per heavy atom. The van der Waals surface area contributed by atoms with E-state index in [2.05, 4.69) is 42.7 Å². The second-order valence-electron chi connectivity index (χ2n) is 6.38. The second-order valence-corrected chi connectivity index (χ2v) is 6.65. The molecule has 2 atom stereocenters. The van der Waals surface area contributed by atoms with Gasteiger partial charge in [-0.05, 0) is 18.8 Å². The van der Waals surface area contributed by atoms with Gasteiger partial charge in [0.1, 0.15) is 5.82 Å². The first kappa shape index (κ1) is 15.6. The van der Waals surface area contributed by atoms with E-state index in [1.807, 2.05) is 6.20 Å². The summed E-state index contributed by atoms with van der Waals surface area (Å²) in [6.45, 7) is 6.57. The van der Waals surface area contributed by atoms with E-state index in [1.165, 1.54) is 25.7 Å². The maximum atomic E-state index is 6.10. The van der Waals surface area contributed by atoms with Crippen LogP contribution < -0.4 is 4.90 Å². The number of halogens is 1. The van der Waals surface area contributed by atoms with Crippen LogP contribution in [0.4, 0.5) is 5.69 Å². The molecule has 1 aliphatic carbocycles. The van der Waals surface area contributed by atoms with Gasteiger partial charge in [-0.1, -0.05) is 33.6 Å². The highest BCUT2D eigenvalue weighted by atomic mass is 35.5. The van der Waals surface area contributed by atoms with Gasteiger partial charge in [-0.2, -0.15) is 0 Å². The van der Waals surface area contributed by atoms with Crippen LogP contribution in [0, 0.1) is 5.92 Å². The van der Waals surface area contributed by atoms with E-state index in [0.717, 1.165) is 23.1 Å². The number of nitrogens with zero attached hydrogens (tertiary/aromatic N) is 3. The van der Waals surface area contributed by atoms with Gasteiger partial charge in [-0.25, -0.2) is 9.97 Å². The second kappa shape index (κ2) is 6.75. The largest absolute Gasteiger partial charge is 0.369 e. The molecule has 2 rings (SSSR count). The summed E-state index contributed by atoms with van der Waals surface area (Å²) in [5, 5.41) is 0. The van der Waals surface area contributed by atoms with E-state index in [1.54, 1.807) is 0 Å². The van der Waals surface area contributed by atoms with E-state index in [0.29, 0.717) is 17.8 Å². The Balaban J connectivity index is 2.22. The molecule has 1 aliphatic rings. The fourth-order valence-corrected chi connectivity index (χ4v) is 3.24. The average molecular weight is 296 g/mol. The van der Waals surface area contributed by atoms with Crippen LogP contribution in [0.25, 0.3) is 0 Å². The number of aromatic nitrogens is 2. The summed E-state index contributed by atoms with van der Waals surface area (Å²) in [6, 6.07) is 0.592. The van der Waals surface area contributed by atoms with Crippen LogP contribution in [-0.4, -0.2) is 23.1 Å². The Hall–Kier alpha value is -0.830. The zero-order valence-electron chi connectivity index (χ0n) is 13.1. The molecule has 4 heteroatoms. The first-order chi connectivity index (χ1) is 9.52. The van der Waals surface area contributed by atoms with Crippen molar-refractivity contribution in [1.29, 1.82) is 0 Å². The Kier molecular flexibility index (Phi) is 5.25. The minimum absolute atomic E-state index is 0.339. The average Bonchev–Trinajstić information content (AvgIpc) is 2.45. The van der Waals surface area contributed by atoms with Crippen LogP contribution in [-0.2, 0) is 5.88 Å². The fraction of sp³-hybridized carbons (Fsp3) is 0.750. The van der Waals surface area contributed by atoms with Gasteiger partial charge in [0.15, 0.2) is 0 Å². The molecule has 1 heterocycles. The maximum Gasteiger partial charge on any atom is 0.131 e. The standard InChI is InChI=1S/C16H26ClN3/c1-11(2)16-18-10-15(14(9-17)19-16)20(4)13-7-5-6-12(3)8-13/h10-13H,5-9H2,1-4H3. The smallest absolute Gasteiger partial charge is 0.131 e. The van der Waals surface area contributed by atoms with E-state index in [-0.39, 0.29) is 0 Å². The lowest BCUT2D eigenvalue weighted by molar-refractivity contribution is 0.336. The third-order valence-corrected chi connectivity index (χ3v) is 4.60. The minimum Gasteiger partial charge on any atom is -0.369 e. The summed E-state index contributed by atoms with van der Waals surface area (Å²) >= 11 is 6.10. The monoisotopic (exact) mass is 295 g/mol. The van der Waals surface area contributed by atoms with Crippen LogP contribution in [0.5, 0.6) is 0 Å². The van der Waals surface area contributed by atoms with Crippen molar-refractivity contribution in [1.82, 2.24) is 9.97 Å². The molecule has 0 N–H and O–H groups in total. The van der Waals surface area contributed by atoms with Crippen molar-refractivity contribution in [2.45, 2.75) is 64.3 Å². The van der Waals surface area contributed by atoms with Crippen molar-refractivity contribution in [3.8, 4) is 0 Å². The molecule has 0 spiro atoms. The quantitative estimate of drug-likeness (QED) is 0.773. The van der Waals surface area contributed by atoms with Gasteiger partial charge >= 0.3 is 0 Å². The molecule has 2 unspecified atom stereocenters. The summed E-state index contributed by atoms with van der Waals surface area (Å²) in [7, 11) is 2.16. The molecule has 0 aromatic carbocycles. The van der Waals surface area contributed by atoms with E-state index in [9.17, 15) is 0 Å². The highest BCUT2D eigenvalue weighted by Crippen LogP contribution is 2.31. The molecule has 1 aromatic rings. The van der Waals surface area contributed by atoms with Crippen molar-refractivity contribution < 1.29 is 0 Å². The van der Waals surface area contributed by atoms with E-state index < -0.39 is 0 Å². The van der Waals surface area contributed by atoms with Crippen molar-refractivity contribution in [3.63, 3.8) is 0 Å². The predicted octanol–water partition coefficient (Wildman–Crippen LogP) is 4.35. The van der Waals surface area contributed by atoms with Gasteiger partial charge in [0, 0.05) is 19.0 Å². The summed E-state index contributed by atoms with van der Waals surface area (Å²) in [5.41, 5.74) is 2.06. The number of rotatable bonds is 4. The summed E-state index contributed by atoms with van der Waals surface area (Å²) < 4.78 is 0. The molecular formula is C16H26ClN3. The molecule has 3 nitrogen and oxygen atoms in total. The molecular weight excluding hydrogens is 270 g/mol. The van der Waals surface area contributed by atoms with Gasteiger partial charge in [-0.3, -0.25) is 0 Å². The lowest BCUT2D eigenvalue weighted by Gasteiger charge is -2.36. The number of alkyl halides is 1. The van der Waals surface area contributed by atoms with Gasteiger partial charge in [-0.15, -0.1) is 11.6 Å². The Morgan fingerprint density at radius 1 is 1.40 bits per heavy atom. The van der Waals surface area contributed by atoms with Crippen LogP contribution in [0.1, 0.15) is 63.9 Å². The van der Waals surface area contributed by atoms with Gasteiger partial charge < -0.3 is 4.90 Å². The summed E-state index contributed by atoms with van der Waals surface area (Å²) in [4.78, 5) is 11.5. The normalized spacial score (nSPS) is 23.1. The topological polar surface area (TPSA) is 29.0 Å². The number of hydrogen-bond acceptors (Lipinski definition) is 3. The minimum atomic E-state index is 0.339. The van der Waals surface area contributed by atoms with Gasteiger partial charge in [0.2, 0.25) is 0 Å². The van der Waals surface area contributed by atoms with Crippen LogP contribution >= 0.6 is 11.6 Å². The molecule has 1 fully saturated rings. The summed E-state index contributed by atoms with van der Waals surface area (Å²) in [5.74, 6) is 2.48. The molecule has 0 aliphatic heterocycles. The highest BCUT2D eigenvalue weighted by molar-refractivity contribution is 6.17. The molecule has 0 bridgehead atoms. The van der Waals surface area contributed by atoms with E-state index >= 15 is 0 Å². The third kappa shape index (κ3) is 3.43. The fourth-order valence-electron chi connectivity index (χ4n) is 3.05. The Morgan fingerprint density at radius 3 is 2.75 bits per heavy atom. The maximum absolute atomic E-state index is 6.10. The molecule has 1 saturated carbocycles. The first-order valence-electron chi connectivity index (χ1n) is 7.67. The molecule has 20 heavy (non-hydrogen) atoms. The molecule has 112 valence electrons. The number of anilines is 1. The highest BCUT2D eigenvalue weighted by Gasteiger charge is 2.24. The predicted molar refractivity (Wildman–Crippen MR) is 85.5 cm³/mol. The first-order valence-corrected chi connectivity index (χ1v) is 8.21. The van der Waals surface area contributed by atoms with Gasteiger partial charge in [0.05, 0.1) is 23.5 Å². The SMILES string of the molecule is CC1CCCC(N(C)c2cnc(C(C)C)nc2CCl)C1. The molecule has 1 aromatic heterocycles. The summed E-state index contributed by atoms with van der Waals surface area (Å²) in [6.07, 6.45) is 7.14. The number of hydrogen-bond donors (Lipinski definition) is 0. The van der Waals surface area contributed by atoms with Crippen molar-refractivity contribution in [3.05, 3.63) is 17.7 Å². The van der Waals surface area contributed by atoms with Crippen molar-refractivity contribution in [2.24, 2.45) is 5.92 Å². The zero-order chi connectivity index (χ0) is 14.7. The van der Waals surface area contributed by atoms with Gasteiger partial charge in [0.25, 0.3) is 0 Å². The zero-order valence-corrected chi connectivity index (χ0v) is 13.8. The lowest BCUT2D eigenvalue weighted by atomic mass is 9.86. The molecule has 0 saturated heterocycles. The lowest BCUT2D eigenvalue weighted by Crippen LogP contribution is -2.36. The van der Waals surface area contributed by atoms with Crippen LogP contribution in [0.2, 0.25) is 0 Å². The van der Waals surface area contributed by atoms with Crippen LogP contribution in [0.15, 0.2) is 6.20 Å². The van der Waals surface area contributed by atoms with Crippen molar-refractivity contribution >= 4 is 17.3 Å². The third-order valence-electron chi connectivity index (χ3n) is 4.34. The molecule has 0 radical (unpaired) electrons. The van der Waals surface area contributed by atoms with E-state index in [4.69, 9.17) is 11.6 Å².